The highest BCUT2D eigenvalue weighted by atomic mass is 16.5. The van der Waals surface area contributed by atoms with Gasteiger partial charge in [-0.15, -0.1) is 0 Å². The van der Waals surface area contributed by atoms with Crippen molar-refractivity contribution >= 4 is 5.71 Å². The first-order valence-electron chi connectivity index (χ1n) is 4.38. The second-order valence-electron chi connectivity index (χ2n) is 3.15. The summed E-state index contributed by atoms with van der Waals surface area (Å²) < 4.78 is 10.3. The van der Waals surface area contributed by atoms with Gasteiger partial charge in [-0.2, -0.15) is 0 Å². The Bertz CT molecular complexity index is 359. The Kier molecular flexibility index (Phi) is 3.12. The van der Waals surface area contributed by atoms with Crippen LogP contribution in [0.15, 0.2) is 12.1 Å². The van der Waals surface area contributed by atoms with E-state index in [9.17, 15) is 0 Å². The number of rotatable bonds is 3. The molecule has 14 heavy (non-hydrogen) atoms. The minimum Gasteiger partial charge on any atom is -0.493 e. The van der Waals surface area contributed by atoms with E-state index in [1.807, 2.05) is 19.1 Å². The van der Waals surface area contributed by atoms with Crippen LogP contribution in [0.5, 0.6) is 11.5 Å². The second-order valence-corrected chi connectivity index (χ2v) is 3.15. The lowest BCUT2D eigenvalue weighted by Crippen LogP contribution is -1.99. The third-order valence-corrected chi connectivity index (χ3v) is 2.13. The zero-order chi connectivity index (χ0) is 10.7. The van der Waals surface area contributed by atoms with E-state index in [1.165, 1.54) is 0 Å². The zero-order valence-corrected chi connectivity index (χ0v) is 8.97. The van der Waals surface area contributed by atoms with Gasteiger partial charge in [0, 0.05) is 11.3 Å². The minimum absolute atomic E-state index is 0.531. The number of hydrogen-bond donors (Lipinski definition) is 1. The lowest BCUT2D eigenvalue weighted by Gasteiger charge is -2.11. The molecule has 0 atom stereocenters. The van der Waals surface area contributed by atoms with E-state index in [0.717, 1.165) is 11.1 Å². The van der Waals surface area contributed by atoms with Crippen molar-refractivity contribution < 1.29 is 9.47 Å². The maximum atomic E-state index is 7.58. The predicted octanol–water partition coefficient (Wildman–Crippen LogP) is 2.40. The molecule has 0 aliphatic rings. The average molecular weight is 193 g/mol. The summed E-state index contributed by atoms with van der Waals surface area (Å²) in [6.07, 6.45) is 0. The van der Waals surface area contributed by atoms with E-state index < -0.39 is 0 Å². The Balaban J connectivity index is 3.30. The highest BCUT2D eigenvalue weighted by molar-refractivity contribution is 5.98. The van der Waals surface area contributed by atoms with Gasteiger partial charge in [0.25, 0.3) is 0 Å². The predicted molar refractivity (Wildman–Crippen MR) is 56.8 cm³/mol. The summed E-state index contributed by atoms with van der Waals surface area (Å²) in [6, 6.07) is 3.71. The van der Waals surface area contributed by atoms with Gasteiger partial charge in [0.1, 0.15) is 0 Å². The zero-order valence-electron chi connectivity index (χ0n) is 8.97. The van der Waals surface area contributed by atoms with Crippen LogP contribution < -0.4 is 9.47 Å². The third kappa shape index (κ3) is 1.87. The van der Waals surface area contributed by atoms with Gasteiger partial charge in [-0.05, 0) is 31.5 Å². The van der Waals surface area contributed by atoms with Gasteiger partial charge in [-0.3, -0.25) is 0 Å². The highest BCUT2D eigenvalue weighted by Gasteiger charge is 2.09. The van der Waals surface area contributed by atoms with Crippen molar-refractivity contribution in [3.63, 3.8) is 0 Å². The molecule has 0 amide bonds. The Morgan fingerprint density at radius 1 is 1.14 bits per heavy atom. The lowest BCUT2D eigenvalue weighted by atomic mass is 10.0. The summed E-state index contributed by atoms with van der Waals surface area (Å²) >= 11 is 0. The summed E-state index contributed by atoms with van der Waals surface area (Å²) in [4.78, 5) is 0. The van der Waals surface area contributed by atoms with Crippen molar-refractivity contribution in [1.29, 1.82) is 5.41 Å². The van der Waals surface area contributed by atoms with Crippen molar-refractivity contribution in [3.05, 3.63) is 23.3 Å². The fraction of sp³-hybridized carbons (Fsp3) is 0.364. The van der Waals surface area contributed by atoms with Crippen LogP contribution in [0.4, 0.5) is 0 Å². The van der Waals surface area contributed by atoms with Crippen molar-refractivity contribution in [1.82, 2.24) is 0 Å². The van der Waals surface area contributed by atoms with Gasteiger partial charge in [0.2, 0.25) is 0 Å². The van der Waals surface area contributed by atoms with Crippen molar-refractivity contribution in [3.8, 4) is 11.5 Å². The fourth-order valence-electron chi connectivity index (χ4n) is 1.38. The first-order valence-corrected chi connectivity index (χ1v) is 4.38. The normalized spacial score (nSPS) is 9.71. The van der Waals surface area contributed by atoms with Gasteiger partial charge in [-0.1, -0.05) is 0 Å². The molecule has 0 saturated carbocycles. The fourth-order valence-corrected chi connectivity index (χ4v) is 1.38. The van der Waals surface area contributed by atoms with Crippen LogP contribution in [-0.2, 0) is 0 Å². The molecule has 0 radical (unpaired) electrons. The molecule has 3 heteroatoms. The number of benzene rings is 1. The molecule has 0 fully saturated rings. The monoisotopic (exact) mass is 193 g/mol. The molecule has 0 aromatic heterocycles. The highest BCUT2D eigenvalue weighted by Crippen LogP contribution is 2.30. The van der Waals surface area contributed by atoms with Gasteiger partial charge in [-0.25, -0.2) is 0 Å². The largest absolute Gasteiger partial charge is 0.493 e. The minimum atomic E-state index is 0.531. The molecule has 0 unspecified atom stereocenters. The number of aryl methyl sites for hydroxylation is 1. The van der Waals surface area contributed by atoms with E-state index in [2.05, 4.69) is 0 Å². The summed E-state index contributed by atoms with van der Waals surface area (Å²) in [5, 5.41) is 7.58. The van der Waals surface area contributed by atoms with Crippen molar-refractivity contribution in [2.45, 2.75) is 13.8 Å². The molecule has 0 aliphatic heterocycles. The van der Waals surface area contributed by atoms with Gasteiger partial charge < -0.3 is 14.9 Å². The molecule has 0 spiro atoms. The van der Waals surface area contributed by atoms with Crippen molar-refractivity contribution in [2.24, 2.45) is 0 Å². The van der Waals surface area contributed by atoms with Crippen LogP contribution in [0.2, 0.25) is 0 Å². The molecule has 0 heterocycles. The van der Waals surface area contributed by atoms with Gasteiger partial charge >= 0.3 is 0 Å². The molecule has 76 valence electrons. The van der Waals surface area contributed by atoms with E-state index in [4.69, 9.17) is 14.9 Å². The Morgan fingerprint density at radius 2 is 1.64 bits per heavy atom. The average Bonchev–Trinajstić information content (AvgIpc) is 2.16. The molecule has 1 N–H and O–H groups in total. The summed E-state index contributed by atoms with van der Waals surface area (Å²) in [6.45, 7) is 3.71. The number of hydrogen-bond acceptors (Lipinski definition) is 3. The van der Waals surface area contributed by atoms with Crippen LogP contribution in [0.25, 0.3) is 0 Å². The van der Waals surface area contributed by atoms with Crippen LogP contribution in [0.3, 0.4) is 0 Å². The topological polar surface area (TPSA) is 42.3 Å². The molecule has 0 bridgehead atoms. The lowest BCUT2D eigenvalue weighted by molar-refractivity contribution is 0.354. The summed E-state index contributed by atoms with van der Waals surface area (Å²) in [5.41, 5.74) is 2.45. The number of methoxy groups -OCH3 is 2. The molecular formula is C11H15NO2. The van der Waals surface area contributed by atoms with E-state index in [1.54, 1.807) is 21.1 Å². The van der Waals surface area contributed by atoms with Crippen LogP contribution in [0, 0.1) is 12.3 Å². The smallest absolute Gasteiger partial charge is 0.161 e. The molecular weight excluding hydrogens is 178 g/mol. The Morgan fingerprint density at radius 3 is 2.07 bits per heavy atom. The van der Waals surface area contributed by atoms with Gasteiger partial charge in [0.15, 0.2) is 11.5 Å². The van der Waals surface area contributed by atoms with E-state index >= 15 is 0 Å². The second kappa shape index (κ2) is 4.13. The third-order valence-electron chi connectivity index (χ3n) is 2.13. The molecule has 0 aliphatic carbocycles. The first kappa shape index (κ1) is 10.6. The van der Waals surface area contributed by atoms with Crippen LogP contribution >= 0.6 is 0 Å². The molecule has 1 aromatic carbocycles. The van der Waals surface area contributed by atoms with Crippen molar-refractivity contribution in [2.75, 3.05) is 14.2 Å². The summed E-state index contributed by atoms with van der Waals surface area (Å²) in [5.74, 6) is 1.37. The van der Waals surface area contributed by atoms with Crippen LogP contribution in [0.1, 0.15) is 18.1 Å². The van der Waals surface area contributed by atoms with E-state index in [0.29, 0.717) is 17.2 Å². The SMILES string of the molecule is COc1cc(C)c(C(C)=N)cc1OC. The van der Waals surface area contributed by atoms with E-state index in [-0.39, 0.29) is 0 Å². The Hall–Kier alpha value is -1.51. The molecule has 1 aromatic rings. The maximum absolute atomic E-state index is 7.58. The van der Waals surface area contributed by atoms with Crippen LogP contribution in [-0.4, -0.2) is 19.9 Å². The molecule has 1 rings (SSSR count). The Labute approximate surface area is 84.2 Å². The standard InChI is InChI=1S/C11H15NO2/c1-7-5-10(13-3)11(14-4)6-9(7)8(2)12/h5-6,12H,1-4H3. The first-order chi connectivity index (χ1) is 6.60. The maximum Gasteiger partial charge on any atom is 0.161 e. The molecule has 0 saturated heterocycles. The van der Waals surface area contributed by atoms with Gasteiger partial charge in [0.05, 0.1) is 14.2 Å². The number of nitrogens with one attached hydrogen (secondary N) is 1. The quantitative estimate of drug-likeness (QED) is 0.749. The number of ether oxygens (including phenoxy) is 2. The summed E-state index contributed by atoms with van der Waals surface area (Å²) in [7, 11) is 3.20. The molecule has 3 nitrogen and oxygen atoms in total.